The van der Waals surface area contributed by atoms with Crippen molar-refractivity contribution in [3.63, 3.8) is 0 Å². The summed E-state index contributed by atoms with van der Waals surface area (Å²) in [5.41, 5.74) is 1.13. The Morgan fingerprint density at radius 2 is 1.97 bits per heavy atom. The molecule has 29 heavy (non-hydrogen) atoms. The van der Waals surface area contributed by atoms with E-state index in [0.29, 0.717) is 24.4 Å². The monoisotopic (exact) mass is 400 g/mol. The van der Waals surface area contributed by atoms with Crippen LogP contribution in [0.4, 0.5) is 0 Å². The van der Waals surface area contributed by atoms with Crippen molar-refractivity contribution in [1.29, 1.82) is 0 Å². The third-order valence-corrected chi connectivity index (χ3v) is 9.81. The lowest BCUT2D eigenvalue weighted by atomic mass is 9.47. The Balaban J connectivity index is 1.28. The van der Waals surface area contributed by atoms with Gasteiger partial charge in [0.1, 0.15) is 12.2 Å². The summed E-state index contributed by atoms with van der Waals surface area (Å²) < 4.78 is 17.0. The number of fused-ring (bicyclic) bond motifs is 7. The van der Waals surface area contributed by atoms with Crippen molar-refractivity contribution in [2.45, 2.75) is 89.6 Å². The van der Waals surface area contributed by atoms with Crippen LogP contribution in [-0.2, 0) is 23.8 Å². The minimum atomic E-state index is -0.554. The fourth-order valence-electron chi connectivity index (χ4n) is 8.25. The number of hydrogen-bond donors (Lipinski definition) is 0. The van der Waals surface area contributed by atoms with E-state index >= 15 is 0 Å². The predicted octanol–water partition coefficient (Wildman–Crippen LogP) is 3.60. The Bertz CT molecular complexity index is 814. The number of rotatable bonds is 3. The van der Waals surface area contributed by atoms with Crippen LogP contribution in [0.15, 0.2) is 11.6 Å². The van der Waals surface area contributed by atoms with Gasteiger partial charge in [0.2, 0.25) is 0 Å². The molecule has 0 spiro atoms. The molecular formula is C24H32O5. The van der Waals surface area contributed by atoms with Crippen LogP contribution in [0.25, 0.3) is 0 Å². The van der Waals surface area contributed by atoms with Crippen LogP contribution >= 0.6 is 0 Å². The van der Waals surface area contributed by atoms with Crippen LogP contribution in [0, 0.1) is 28.6 Å². The summed E-state index contributed by atoms with van der Waals surface area (Å²) >= 11 is 0. The number of ether oxygens (including phenoxy) is 3. The van der Waals surface area contributed by atoms with Gasteiger partial charge < -0.3 is 14.2 Å². The average molecular weight is 401 g/mol. The molecule has 5 heteroatoms. The zero-order valence-corrected chi connectivity index (χ0v) is 17.7. The highest BCUT2D eigenvalue weighted by molar-refractivity contribution is 5.97. The van der Waals surface area contributed by atoms with Crippen molar-refractivity contribution < 1.29 is 23.8 Å². The first kappa shape index (κ1) is 18.6. The minimum Gasteiger partial charge on any atom is -0.462 e. The Morgan fingerprint density at radius 1 is 1.17 bits per heavy atom. The highest BCUT2D eigenvalue weighted by Gasteiger charge is 2.81. The number of ketones is 1. The number of epoxide rings is 2. The molecule has 2 aliphatic heterocycles. The van der Waals surface area contributed by atoms with E-state index in [-0.39, 0.29) is 40.9 Å². The molecule has 6 rings (SSSR count). The summed E-state index contributed by atoms with van der Waals surface area (Å²) in [5, 5.41) is 0. The van der Waals surface area contributed by atoms with E-state index in [9.17, 15) is 9.59 Å². The second-order valence-electron chi connectivity index (χ2n) is 11.0. The molecule has 0 N–H and O–H groups in total. The molecule has 9 atom stereocenters. The minimum absolute atomic E-state index is 0.0431. The Kier molecular flexibility index (Phi) is 3.67. The molecule has 0 bridgehead atoms. The normalized spacial score (nSPS) is 54.2. The maximum atomic E-state index is 13.1. The first-order chi connectivity index (χ1) is 13.8. The predicted molar refractivity (Wildman–Crippen MR) is 105 cm³/mol. The first-order valence-electron chi connectivity index (χ1n) is 11.5. The van der Waals surface area contributed by atoms with Gasteiger partial charge >= 0.3 is 5.97 Å². The van der Waals surface area contributed by atoms with Crippen LogP contribution in [-0.4, -0.2) is 42.3 Å². The quantitative estimate of drug-likeness (QED) is 0.411. The molecule has 0 aromatic carbocycles. The van der Waals surface area contributed by atoms with Crippen LogP contribution in [0.2, 0.25) is 0 Å². The molecule has 6 aliphatic rings. The number of allylic oxidation sites excluding steroid dienone is 1. The molecule has 2 heterocycles. The summed E-state index contributed by atoms with van der Waals surface area (Å²) in [4.78, 5) is 24.5. The van der Waals surface area contributed by atoms with E-state index in [2.05, 4.69) is 19.9 Å². The van der Waals surface area contributed by atoms with Gasteiger partial charge in [0.15, 0.2) is 11.4 Å². The van der Waals surface area contributed by atoms with E-state index in [4.69, 9.17) is 14.2 Å². The first-order valence-corrected chi connectivity index (χ1v) is 11.5. The number of esters is 1. The summed E-state index contributed by atoms with van der Waals surface area (Å²) in [6.07, 6.45) is 9.75. The second-order valence-corrected chi connectivity index (χ2v) is 11.0. The van der Waals surface area contributed by atoms with Gasteiger partial charge in [0.25, 0.3) is 0 Å². The second kappa shape index (κ2) is 5.73. The van der Waals surface area contributed by atoms with Crippen LogP contribution < -0.4 is 0 Å². The Hall–Kier alpha value is -1.20. The van der Waals surface area contributed by atoms with Crippen molar-refractivity contribution in [3.05, 3.63) is 11.6 Å². The van der Waals surface area contributed by atoms with E-state index in [1.807, 2.05) is 0 Å². The van der Waals surface area contributed by atoms with E-state index in [1.54, 1.807) is 0 Å². The lowest BCUT2D eigenvalue weighted by Gasteiger charge is -2.58. The molecule has 0 radical (unpaired) electrons. The van der Waals surface area contributed by atoms with Crippen molar-refractivity contribution in [2.75, 3.05) is 6.61 Å². The topological polar surface area (TPSA) is 68.4 Å². The fourth-order valence-corrected chi connectivity index (χ4v) is 8.25. The summed E-state index contributed by atoms with van der Waals surface area (Å²) in [5.74, 6) is 1.92. The fraction of sp³-hybridized carbons (Fsp3) is 0.833. The number of carbonyl (C=O) groups is 2. The number of Topliss-reactive ketones (excluding diaryl/α,β-unsaturated/α-hetero) is 1. The largest absolute Gasteiger partial charge is 0.462 e. The molecule has 4 aliphatic carbocycles. The third-order valence-electron chi connectivity index (χ3n) is 9.81. The molecule has 5 fully saturated rings. The van der Waals surface area contributed by atoms with E-state index in [0.717, 1.165) is 38.5 Å². The lowest BCUT2D eigenvalue weighted by Crippen LogP contribution is -2.55. The number of hydrogen-bond acceptors (Lipinski definition) is 5. The Labute approximate surface area is 172 Å². The summed E-state index contributed by atoms with van der Waals surface area (Å²) in [6, 6.07) is 0. The van der Waals surface area contributed by atoms with Gasteiger partial charge in [0, 0.05) is 18.8 Å². The highest BCUT2D eigenvalue weighted by atomic mass is 16.6. The summed E-state index contributed by atoms with van der Waals surface area (Å²) in [6.45, 7) is 6.88. The third kappa shape index (κ3) is 2.29. The average Bonchev–Trinajstić information content (AvgIpc) is 3.58. The number of carbonyl (C=O) groups excluding carboxylic acids is 2. The SMILES string of the molecule is CC(=O)OC1CCC2(C)C(=CCC3C2CCC2(C)C3CC3OC32C(=O)C2CO2)C1. The zero-order valence-electron chi connectivity index (χ0n) is 17.7. The molecule has 3 saturated carbocycles. The maximum Gasteiger partial charge on any atom is 0.302 e. The molecule has 2 saturated heterocycles. The molecule has 0 aromatic rings. The van der Waals surface area contributed by atoms with Crippen molar-refractivity contribution in [2.24, 2.45) is 28.6 Å². The van der Waals surface area contributed by atoms with Gasteiger partial charge in [-0.15, -0.1) is 0 Å². The molecule has 0 amide bonds. The standard InChI is InChI=1S/C24H32O5/c1-13(25)28-15-6-8-22(2)14(10-15)4-5-16-17(22)7-9-23(3)18(16)11-20-24(23,29-20)21(26)19-12-27-19/h4,15-20H,5-12H2,1-3H3. The summed E-state index contributed by atoms with van der Waals surface area (Å²) in [7, 11) is 0. The van der Waals surface area contributed by atoms with E-state index < -0.39 is 5.60 Å². The maximum absolute atomic E-state index is 13.1. The van der Waals surface area contributed by atoms with Gasteiger partial charge in [-0.3, -0.25) is 9.59 Å². The van der Waals surface area contributed by atoms with Crippen LogP contribution in [0.3, 0.4) is 0 Å². The molecule has 9 unspecified atom stereocenters. The molecular weight excluding hydrogens is 368 g/mol. The van der Waals surface area contributed by atoms with Crippen molar-refractivity contribution in [3.8, 4) is 0 Å². The van der Waals surface area contributed by atoms with Gasteiger partial charge in [-0.1, -0.05) is 25.5 Å². The highest BCUT2D eigenvalue weighted by Crippen LogP contribution is 2.73. The van der Waals surface area contributed by atoms with Gasteiger partial charge in [-0.05, 0) is 61.7 Å². The van der Waals surface area contributed by atoms with Gasteiger partial charge in [-0.25, -0.2) is 0 Å². The van der Waals surface area contributed by atoms with Crippen molar-refractivity contribution >= 4 is 11.8 Å². The smallest absolute Gasteiger partial charge is 0.302 e. The van der Waals surface area contributed by atoms with E-state index in [1.165, 1.54) is 18.9 Å². The molecule has 0 aromatic heterocycles. The Morgan fingerprint density at radius 3 is 2.69 bits per heavy atom. The van der Waals surface area contributed by atoms with Crippen LogP contribution in [0.1, 0.15) is 65.7 Å². The van der Waals surface area contributed by atoms with Crippen molar-refractivity contribution in [1.82, 2.24) is 0 Å². The van der Waals surface area contributed by atoms with Gasteiger partial charge in [0.05, 0.1) is 12.7 Å². The molecule has 158 valence electrons. The lowest BCUT2D eigenvalue weighted by molar-refractivity contribution is -0.149. The molecule has 5 nitrogen and oxygen atoms in total. The zero-order chi connectivity index (χ0) is 20.2. The van der Waals surface area contributed by atoms with Crippen LogP contribution in [0.5, 0.6) is 0 Å². The van der Waals surface area contributed by atoms with Gasteiger partial charge in [-0.2, -0.15) is 0 Å².